The fraction of sp³-hybridized carbons (Fsp3) is 0. The van der Waals surface area contributed by atoms with Crippen LogP contribution in [0.5, 0.6) is 5.75 Å². The van der Waals surface area contributed by atoms with Crippen molar-refractivity contribution in [2.45, 2.75) is 0 Å². The molecule has 0 radical (unpaired) electrons. The Hall–Kier alpha value is -4.60. The van der Waals surface area contributed by atoms with Crippen LogP contribution in [-0.2, 0) is 4.79 Å². The van der Waals surface area contributed by atoms with Gasteiger partial charge in [0.2, 0.25) is 0 Å². The molecule has 30 heavy (non-hydrogen) atoms. The summed E-state index contributed by atoms with van der Waals surface area (Å²) in [5.41, 5.74) is -1.05. The van der Waals surface area contributed by atoms with Crippen molar-refractivity contribution >= 4 is 23.0 Å². The molecular weight excluding hydrogens is 396 g/mol. The van der Waals surface area contributed by atoms with E-state index in [1.165, 1.54) is 36.4 Å². The van der Waals surface area contributed by atoms with Crippen molar-refractivity contribution in [3.05, 3.63) is 109 Å². The molecule has 1 aliphatic carbocycles. The SMILES string of the molecule is O=C1C=CC(=C(c2ccc(O)c([N+](=O)[O-])c2)c2ccccc2C(=O)O)C=C1[N+](=O)[O-]. The Morgan fingerprint density at radius 1 is 0.933 bits per heavy atom. The van der Waals surface area contributed by atoms with E-state index in [0.29, 0.717) is 0 Å². The van der Waals surface area contributed by atoms with Crippen LogP contribution in [0.1, 0.15) is 21.5 Å². The molecule has 150 valence electrons. The van der Waals surface area contributed by atoms with Crippen molar-refractivity contribution in [2.75, 3.05) is 0 Å². The van der Waals surface area contributed by atoms with E-state index in [2.05, 4.69) is 0 Å². The number of nitrogens with zero attached hydrogens (tertiary/aromatic N) is 2. The Balaban J connectivity index is 2.41. The van der Waals surface area contributed by atoms with E-state index < -0.39 is 38.7 Å². The van der Waals surface area contributed by atoms with E-state index in [-0.39, 0.29) is 27.8 Å². The number of carboxylic acid groups (broad SMARTS) is 1. The molecule has 10 nitrogen and oxygen atoms in total. The number of nitro groups is 2. The smallest absolute Gasteiger partial charge is 0.336 e. The highest BCUT2D eigenvalue weighted by Gasteiger charge is 2.27. The average Bonchev–Trinajstić information content (AvgIpc) is 2.70. The average molecular weight is 408 g/mol. The van der Waals surface area contributed by atoms with Gasteiger partial charge in [-0.2, -0.15) is 0 Å². The third-order valence-electron chi connectivity index (χ3n) is 4.33. The number of aromatic carboxylic acids is 1. The summed E-state index contributed by atoms with van der Waals surface area (Å²) >= 11 is 0. The van der Waals surface area contributed by atoms with E-state index >= 15 is 0 Å². The maximum atomic E-state index is 11.8. The molecule has 2 aromatic rings. The van der Waals surface area contributed by atoms with Crippen LogP contribution in [0, 0.1) is 20.2 Å². The van der Waals surface area contributed by atoms with Crippen LogP contribution in [0.15, 0.2) is 72.0 Å². The molecule has 0 saturated heterocycles. The Morgan fingerprint density at radius 3 is 2.20 bits per heavy atom. The normalized spacial score (nSPS) is 14.8. The fourth-order valence-electron chi connectivity index (χ4n) is 3.01. The Morgan fingerprint density at radius 2 is 1.60 bits per heavy atom. The first kappa shape index (κ1) is 20.1. The molecule has 0 saturated carbocycles. The lowest BCUT2D eigenvalue weighted by molar-refractivity contribution is -0.418. The van der Waals surface area contributed by atoms with Crippen molar-refractivity contribution < 1.29 is 29.6 Å². The summed E-state index contributed by atoms with van der Waals surface area (Å²) in [6, 6.07) is 9.16. The van der Waals surface area contributed by atoms with Crippen molar-refractivity contribution in [1.82, 2.24) is 0 Å². The Labute approximate surface area is 168 Å². The van der Waals surface area contributed by atoms with Gasteiger partial charge in [0.05, 0.1) is 15.4 Å². The molecule has 2 N–H and O–H groups in total. The lowest BCUT2D eigenvalue weighted by Gasteiger charge is -2.15. The van der Waals surface area contributed by atoms with Crippen molar-refractivity contribution in [2.24, 2.45) is 0 Å². The summed E-state index contributed by atoms with van der Waals surface area (Å²) < 4.78 is 0. The summed E-state index contributed by atoms with van der Waals surface area (Å²) in [5, 5.41) is 41.8. The molecular formula is C20H12N2O8. The zero-order valence-corrected chi connectivity index (χ0v) is 15.0. The van der Waals surface area contributed by atoms with Crippen molar-refractivity contribution in [3.63, 3.8) is 0 Å². The Bertz CT molecular complexity index is 1210. The van der Waals surface area contributed by atoms with Crippen molar-refractivity contribution in [1.29, 1.82) is 0 Å². The predicted molar refractivity (Wildman–Crippen MR) is 103 cm³/mol. The van der Waals surface area contributed by atoms with Crippen LogP contribution in [0.3, 0.4) is 0 Å². The van der Waals surface area contributed by atoms with Crippen LogP contribution < -0.4 is 0 Å². The molecule has 10 heteroatoms. The highest BCUT2D eigenvalue weighted by Crippen LogP contribution is 2.36. The molecule has 0 fully saturated rings. The molecule has 0 amide bonds. The van der Waals surface area contributed by atoms with E-state index in [4.69, 9.17) is 0 Å². The van der Waals surface area contributed by atoms with Crippen LogP contribution in [0.4, 0.5) is 5.69 Å². The van der Waals surface area contributed by atoms with Gasteiger partial charge >= 0.3 is 17.4 Å². The third kappa shape index (κ3) is 3.69. The minimum atomic E-state index is -1.29. The highest BCUT2D eigenvalue weighted by molar-refractivity contribution is 6.06. The van der Waals surface area contributed by atoms with Gasteiger partial charge in [-0.3, -0.25) is 25.0 Å². The number of benzene rings is 2. The van der Waals surface area contributed by atoms with Gasteiger partial charge in [-0.25, -0.2) is 4.79 Å². The van der Waals surface area contributed by atoms with Crippen LogP contribution in [0.2, 0.25) is 0 Å². The van der Waals surface area contributed by atoms with Crippen molar-refractivity contribution in [3.8, 4) is 5.75 Å². The largest absolute Gasteiger partial charge is 0.502 e. The minimum Gasteiger partial charge on any atom is -0.502 e. The van der Waals surface area contributed by atoms with Crippen LogP contribution in [0.25, 0.3) is 5.57 Å². The maximum absolute atomic E-state index is 11.8. The van der Waals surface area contributed by atoms with E-state index in [0.717, 1.165) is 24.3 Å². The minimum absolute atomic E-state index is 0.106. The summed E-state index contributed by atoms with van der Waals surface area (Å²) in [5.74, 6) is -2.73. The van der Waals surface area contributed by atoms with Gasteiger partial charge in [-0.15, -0.1) is 0 Å². The van der Waals surface area contributed by atoms with E-state index in [1.807, 2.05) is 0 Å². The lowest BCUT2D eigenvalue weighted by Crippen LogP contribution is -2.13. The molecule has 0 bridgehead atoms. The number of carbonyl (C=O) groups excluding carboxylic acids is 1. The number of aromatic hydroxyl groups is 1. The maximum Gasteiger partial charge on any atom is 0.336 e. The van der Waals surface area contributed by atoms with Gasteiger partial charge in [0.25, 0.3) is 5.78 Å². The topological polar surface area (TPSA) is 161 Å². The number of ketones is 1. The molecule has 0 aromatic heterocycles. The Kier molecular flexibility index (Phi) is 5.23. The second kappa shape index (κ2) is 7.80. The second-order valence-electron chi connectivity index (χ2n) is 6.13. The van der Waals surface area contributed by atoms with E-state index in [9.17, 15) is 40.0 Å². The summed E-state index contributed by atoms with van der Waals surface area (Å²) in [7, 11) is 0. The fourth-order valence-corrected chi connectivity index (χ4v) is 3.01. The monoisotopic (exact) mass is 408 g/mol. The number of phenols is 1. The number of hydrogen-bond donors (Lipinski definition) is 2. The van der Waals surface area contributed by atoms with Gasteiger partial charge in [-0.1, -0.05) is 24.3 Å². The first-order chi connectivity index (χ1) is 14.2. The zero-order chi connectivity index (χ0) is 22.0. The van der Waals surface area contributed by atoms with Gasteiger partial charge in [0.1, 0.15) is 0 Å². The molecule has 0 aliphatic heterocycles. The number of nitro benzene ring substituents is 1. The summed E-state index contributed by atoms with van der Waals surface area (Å²) in [6.07, 6.45) is 3.21. The molecule has 3 rings (SSSR count). The number of carbonyl (C=O) groups is 2. The molecule has 2 aromatic carbocycles. The summed E-state index contributed by atoms with van der Waals surface area (Å²) in [6.45, 7) is 0. The standard InChI is InChI=1S/C20H12N2O8/c23-17-7-5-11(9-15(17)21(27)28)19(13-3-1-2-4-14(13)20(25)26)12-6-8-18(24)16(10-12)22(29)30/h1-10,23H,(H,25,26). The van der Waals surface area contributed by atoms with Gasteiger partial charge < -0.3 is 10.2 Å². The second-order valence-corrected chi connectivity index (χ2v) is 6.13. The van der Waals surface area contributed by atoms with Gasteiger partial charge in [-0.05, 0) is 46.6 Å². The predicted octanol–water partition coefficient (Wildman–Crippen LogP) is 3.10. The number of carboxylic acids is 1. The summed E-state index contributed by atoms with van der Waals surface area (Å²) in [4.78, 5) is 44.3. The molecule has 1 aliphatic rings. The van der Waals surface area contributed by atoms with Crippen LogP contribution >= 0.6 is 0 Å². The highest BCUT2D eigenvalue weighted by atomic mass is 16.6. The van der Waals surface area contributed by atoms with Gasteiger partial charge in [0.15, 0.2) is 5.75 Å². The molecule has 0 atom stereocenters. The number of hydrogen-bond acceptors (Lipinski definition) is 7. The third-order valence-corrected chi connectivity index (χ3v) is 4.33. The van der Waals surface area contributed by atoms with Gasteiger partial charge in [0, 0.05) is 12.1 Å². The number of phenolic OH excluding ortho intramolecular Hbond substituents is 1. The van der Waals surface area contributed by atoms with Crippen LogP contribution in [-0.4, -0.2) is 31.8 Å². The number of rotatable bonds is 5. The molecule has 0 heterocycles. The molecule has 0 spiro atoms. The molecule has 0 unspecified atom stereocenters. The first-order valence-corrected chi connectivity index (χ1v) is 8.34. The number of allylic oxidation sites excluding steroid dienone is 4. The zero-order valence-electron chi connectivity index (χ0n) is 15.0. The first-order valence-electron chi connectivity index (χ1n) is 8.34. The lowest BCUT2D eigenvalue weighted by atomic mass is 9.87. The van der Waals surface area contributed by atoms with E-state index in [1.54, 1.807) is 0 Å². The quantitative estimate of drug-likeness (QED) is 0.563.